The number of nitrogens with zero attached hydrogens (tertiary/aromatic N) is 2. The van der Waals surface area contributed by atoms with E-state index in [1.807, 2.05) is 6.92 Å². The van der Waals surface area contributed by atoms with Crippen LogP contribution < -0.4 is 5.32 Å². The van der Waals surface area contributed by atoms with Gasteiger partial charge in [0.15, 0.2) is 0 Å². The van der Waals surface area contributed by atoms with E-state index in [4.69, 9.17) is 0 Å². The summed E-state index contributed by atoms with van der Waals surface area (Å²) < 4.78 is 0. The fraction of sp³-hybridized carbons (Fsp3) is 0.231. The topological polar surface area (TPSA) is 101 Å². The number of nitrogens with one attached hydrogen (secondary N) is 2. The van der Waals surface area contributed by atoms with Gasteiger partial charge in [0, 0.05) is 18.5 Å². The number of carbonyl (C=O) groups excluding carboxylic acids is 1. The second kappa shape index (κ2) is 5.96. The zero-order valence-corrected chi connectivity index (χ0v) is 10.9. The predicted octanol–water partition coefficient (Wildman–Crippen LogP) is 2.20. The molecule has 20 heavy (non-hydrogen) atoms. The van der Waals surface area contributed by atoms with E-state index in [0.29, 0.717) is 12.2 Å². The third-order valence-corrected chi connectivity index (χ3v) is 2.91. The maximum absolute atomic E-state index is 12.2. The molecule has 0 radical (unpaired) electrons. The van der Waals surface area contributed by atoms with E-state index in [-0.39, 0.29) is 17.3 Å². The van der Waals surface area contributed by atoms with Gasteiger partial charge in [-0.3, -0.25) is 14.9 Å². The van der Waals surface area contributed by atoms with E-state index in [9.17, 15) is 14.9 Å². The van der Waals surface area contributed by atoms with Gasteiger partial charge in [-0.25, -0.2) is 4.98 Å². The zero-order valence-electron chi connectivity index (χ0n) is 10.9. The molecule has 2 N–H and O–H groups in total. The Labute approximate surface area is 115 Å². The Balaban J connectivity index is 2.22. The summed E-state index contributed by atoms with van der Waals surface area (Å²) in [4.78, 5) is 29.5. The van der Waals surface area contributed by atoms with E-state index >= 15 is 0 Å². The van der Waals surface area contributed by atoms with Gasteiger partial charge in [-0.1, -0.05) is 19.1 Å². The molecule has 1 atom stereocenters. The largest absolute Gasteiger partial charge is 0.347 e. The third kappa shape index (κ3) is 2.82. The summed E-state index contributed by atoms with van der Waals surface area (Å²) in [5.41, 5.74) is -0.165. The number of nitro groups is 1. The van der Waals surface area contributed by atoms with E-state index < -0.39 is 10.8 Å². The first kappa shape index (κ1) is 13.7. The molecule has 1 aromatic heterocycles. The Kier molecular flexibility index (Phi) is 4.09. The quantitative estimate of drug-likeness (QED) is 0.644. The van der Waals surface area contributed by atoms with Gasteiger partial charge in [0.25, 0.3) is 11.6 Å². The first-order valence-electron chi connectivity index (χ1n) is 6.17. The molecule has 0 aliphatic carbocycles. The van der Waals surface area contributed by atoms with Crippen LogP contribution in [0.3, 0.4) is 0 Å². The molecule has 2 rings (SSSR count). The number of rotatable bonds is 5. The molecule has 0 spiro atoms. The number of aromatic amines is 1. The van der Waals surface area contributed by atoms with Crippen molar-refractivity contribution in [2.75, 3.05) is 0 Å². The first-order valence-corrected chi connectivity index (χ1v) is 6.17. The number of benzene rings is 1. The first-order chi connectivity index (χ1) is 9.63. The zero-order chi connectivity index (χ0) is 14.5. The lowest BCUT2D eigenvalue weighted by atomic mass is 10.1. The van der Waals surface area contributed by atoms with Crippen LogP contribution in [0.5, 0.6) is 0 Å². The van der Waals surface area contributed by atoms with Crippen molar-refractivity contribution in [2.45, 2.75) is 19.4 Å². The number of para-hydroxylation sites is 1. The highest BCUT2D eigenvalue weighted by molar-refractivity contribution is 5.98. The van der Waals surface area contributed by atoms with Gasteiger partial charge in [-0.05, 0) is 12.5 Å². The number of nitro benzene ring substituents is 1. The smallest absolute Gasteiger partial charge is 0.282 e. The minimum Gasteiger partial charge on any atom is -0.347 e. The highest BCUT2D eigenvalue weighted by atomic mass is 16.6. The maximum Gasteiger partial charge on any atom is 0.282 e. The van der Waals surface area contributed by atoms with Crippen LogP contribution in [0.2, 0.25) is 0 Å². The average Bonchev–Trinajstić information content (AvgIpc) is 2.98. The van der Waals surface area contributed by atoms with Gasteiger partial charge in [0.05, 0.1) is 11.0 Å². The maximum atomic E-state index is 12.2. The Morgan fingerprint density at radius 1 is 1.50 bits per heavy atom. The fourth-order valence-electron chi connectivity index (χ4n) is 1.89. The summed E-state index contributed by atoms with van der Waals surface area (Å²) in [6.07, 6.45) is 3.88. The molecule has 1 aromatic carbocycles. The Bertz CT molecular complexity index is 610. The monoisotopic (exact) mass is 274 g/mol. The van der Waals surface area contributed by atoms with Crippen molar-refractivity contribution in [1.29, 1.82) is 0 Å². The minimum atomic E-state index is -0.567. The lowest BCUT2D eigenvalue weighted by Gasteiger charge is -2.14. The number of hydrogen-bond donors (Lipinski definition) is 2. The lowest BCUT2D eigenvalue weighted by Crippen LogP contribution is -2.29. The number of aromatic nitrogens is 2. The van der Waals surface area contributed by atoms with Crippen molar-refractivity contribution in [3.8, 4) is 0 Å². The summed E-state index contributed by atoms with van der Waals surface area (Å²) >= 11 is 0. The van der Waals surface area contributed by atoms with Crippen molar-refractivity contribution in [2.24, 2.45) is 0 Å². The summed E-state index contributed by atoms with van der Waals surface area (Å²) in [7, 11) is 0. The van der Waals surface area contributed by atoms with Crippen LogP contribution in [-0.2, 0) is 0 Å². The van der Waals surface area contributed by atoms with Crippen LogP contribution in [0.25, 0.3) is 0 Å². The molecule has 7 heteroatoms. The molecule has 0 saturated carbocycles. The lowest BCUT2D eigenvalue weighted by molar-refractivity contribution is -0.385. The molecule has 1 heterocycles. The molecular weight excluding hydrogens is 260 g/mol. The van der Waals surface area contributed by atoms with Gasteiger partial charge in [-0.15, -0.1) is 0 Å². The minimum absolute atomic E-state index is 0.0440. The normalized spacial score (nSPS) is 11.8. The van der Waals surface area contributed by atoms with E-state index in [1.165, 1.54) is 18.2 Å². The van der Waals surface area contributed by atoms with Crippen LogP contribution in [0.1, 0.15) is 35.6 Å². The van der Waals surface area contributed by atoms with E-state index in [1.54, 1.807) is 18.5 Å². The van der Waals surface area contributed by atoms with Gasteiger partial charge < -0.3 is 10.3 Å². The molecule has 104 valence electrons. The third-order valence-electron chi connectivity index (χ3n) is 2.91. The van der Waals surface area contributed by atoms with Gasteiger partial charge in [0.2, 0.25) is 0 Å². The van der Waals surface area contributed by atoms with Crippen LogP contribution in [-0.4, -0.2) is 20.8 Å². The molecule has 0 aliphatic heterocycles. The molecule has 0 aliphatic rings. The predicted molar refractivity (Wildman–Crippen MR) is 72.2 cm³/mol. The van der Waals surface area contributed by atoms with Crippen molar-refractivity contribution in [3.63, 3.8) is 0 Å². The number of H-pyrrole nitrogens is 1. The SMILES string of the molecule is CCC(NC(=O)c1ccccc1[N+](=O)[O-])c1ncc[nH]1. The Hall–Kier alpha value is -2.70. The summed E-state index contributed by atoms with van der Waals surface area (Å²) in [5, 5.41) is 13.7. The number of amides is 1. The number of imidazole rings is 1. The van der Waals surface area contributed by atoms with E-state index in [0.717, 1.165) is 0 Å². The molecule has 1 amide bonds. The number of carbonyl (C=O) groups is 1. The molecule has 0 fully saturated rings. The molecule has 7 nitrogen and oxygen atoms in total. The van der Waals surface area contributed by atoms with Crippen molar-refractivity contribution >= 4 is 11.6 Å². The molecule has 0 saturated heterocycles. The molecule has 0 bridgehead atoms. The molecular formula is C13H14N4O3. The second-order valence-electron chi connectivity index (χ2n) is 4.18. The van der Waals surface area contributed by atoms with Crippen LogP contribution in [0.4, 0.5) is 5.69 Å². The van der Waals surface area contributed by atoms with Crippen molar-refractivity contribution in [3.05, 3.63) is 58.2 Å². The second-order valence-corrected chi connectivity index (χ2v) is 4.18. The molecule has 1 unspecified atom stereocenters. The van der Waals surface area contributed by atoms with Crippen LogP contribution >= 0.6 is 0 Å². The number of hydrogen-bond acceptors (Lipinski definition) is 4. The standard InChI is InChI=1S/C13H14N4O3/c1-2-10(12-14-7-8-15-12)16-13(18)9-5-3-4-6-11(9)17(19)20/h3-8,10H,2H2,1H3,(H,14,15)(H,16,18). The van der Waals surface area contributed by atoms with Gasteiger partial charge >= 0.3 is 0 Å². The summed E-state index contributed by atoms with van der Waals surface area (Å²) in [5.74, 6) is 0.139. The summed E-state index contributed by atoms with van der Waals surface area (Å²) in [6, 6.07) is 5.55. The highest BCUT2D eigenvalue weighted by Crippen LogP contribution is 2.19. The Morgan fingerprint density at radius 2 is 2.25 bits per heavy atom. The van der Waals surface area contributed by atoms with Crippen LogP contribution in [0.15, 0.2) is 36.7 Å². The van der Waals surface area contributed by atoms with E-state index in [2.05, 4.69) is 15.3 Å². The molecule has 2 aromatic rings. The summed E-state index contributed by atoms with van der Waals surface area (Å²) in [6.45, 7) is 1.90. The van der Waals surface area contributed by atoms with Gasteiger partial charge in [-0.2, -0.15) is 0 Å². The van der Waals surface area contributed by atoms with Crippen molar-refractivity contribution in [1.82, 2.24) is 15.3 Å². The fourth-order valence-corrected chi connectivity index (χ4v) is 1.89. The van der Waals surface area contributed by atoms with Crippen molar-refractivity contribution < 1.29 is 9.72 Å². The average molecular weight is 274 g/mol. The van der Waals surface area contributed by atoms with Crippen LogP contribution in [0, 0.1) is 10.1 Å². The Morgan fingerprint density at radius 3 is 2.85 bits per heavy atom. The highest BCUT2D eigenvalue weighted by Gasteiger charge is 2.22. The van der Waals surface area contributed by atoms with Gasteiger partial charge in [0.1, 0.15) is 11.4 Å².